The van der Waals surface area contributed by atoms with E-state index in [9.17, 15) is 8.42 Å². The Bertz CT molecular complexity index is 639. The van der Waals surface area contributed by atoms with Crippen molar-refractivity contribution in [3.05, 3.63) is 36.2 Å². The minimum Gasteiger partial charge on any atom is -0.262 e. The molecule has 1 aromatic heterocycles. The topological polar surface area (TPSA) is 75.7 Å². The van der Waals surface area contributed by atoms with E-state index in [1.165, 1.54) is 0 Å². The van der Waals surface area contributed by atoms with Crippen molar-refractivity contribution in [3.8, 4) is 0 Å². The molecule has 0 bridgehead atoms. The van der Waals surface area contributed by atoms with E-state index in [-0.39, 0.29) is 5.08 Å². The van der Waals surface area contributed by atoms with Crippen LogP contribution in [0.2, 0.25) is 0 Å². The lowest BCUT2D eigenvalue weighted by atomic mass is 10.2. The molecule has 0 unspecified atom stereocenters. The van der Waals surface area contributed by atoms with Gasteiger partial charge in [-0.3, -0.25) is 5.10 Å². The number of unbranched alkanes of at least 4 members (excludes halogenated alkanes) is 1. The highest BCUT2D eigenvalue weighted by Crippen LogP contribution is 2.20. The number of benzene rings is 1. The molecule has 1 aromatic carbocycles. The molecule has 20 heavy (non-hydrogen) atoms. The van der Waals surface area contributed by atoms with Crippen molar-refractivity contribution in [2.45, 2.75) is 36.2 Å². The Morgan fingerprint density at radius 3 is 2.70 bits per heavy atom. The van der Waals surface area contributed by atoms with Crippen molar-refractivity contribution < 1.29 is 8.42 Å². The van der Waals surface area contributed by atoms with E-state index >= 15 is 0 Å². The molecule has 108 valence electrons. The minimum absolute atomic E-state index is 0.0535. The average Bonchev–Trinajstić information content (AvgIpc) is 2.92. The van der Waals surface area contributed by atoms with Crippen LogP contribution in [0.4, 0.5) is 0 Å². The Morgan fingerprint density at radius 1 is 1.25 bits per heavy atom. The lowest BCUT2D eigenvalue weighted by molar-refractivity contribution is 0.600. The fraction of sp³-hybridized carbons (Fsp3) is 0.385. The van der Waals surface area contributed by atoms with Gasteiger partial charge in [0, 0.05) is 6.42 Å². The number of aromatic amines is 1. The second-order valence-electron chi connectivity index (χ2n) is 4.36. The highest BCUT2D eigenvalue weighted by Gasteiger charge is 2.16. The first-order valence-electron chi connectivity index (χ1n) is 6.43. The van der Waals surface area contributed by atoms with Crippen molar-refractivity contribution in [2.75, 3.05) is 5.08 Å². The number of H-pyrrole nitrogens is 1. The van der Waals surface area contributed by atoms with Crippen LogP contribution in [0, 0.1) is 0 Å². The van der Waals surface area contributed by atoms with E-state index in [2.05, 4.69) is 22.1 Å². The maximum atomic E-state index is 12.1. The number of aromatic nitrogens is 3. The van der Waals surface area contributed by atoms with Crippen molar-refractivity contribution in [3.63, 3.8) is 0 Å². The quantitative estimate of drug-likeness (QED) is 0.796. The van der Waals surface area contributed by atoms with E-state index in [1.807, 2.05) is 0 Å². The molecule has 2 aromatic rings. The van der Waals surface area contributed by atoms with Gasteiger partial charge in [-0.25, -0.2) is 13.4 Å². The maximum Gasteiger partial charge on any atom is 0.209 e. The van der Waals surface area contributed by atoms with Crippen LogP contribution in [0.5, 0.6) is 0 Å². The van der Waals surface area contributed by atoms with Gasteiger partial charge in [-0.2, -0.15) is 0 Å². The molecule has 0 aliphatic carbocycles. The third kappa shape index (κ3) is 4.08. The van der Waals surface area contributed by atoms with E-state index in [4.69, 9.17) is 0 Å². The summed E-state index contributed by atoms with van der Waals surface area (Å²) in [6, 6.07) is 8.42. The van der Waals surface area contributed by atoms with E-state index < -0.39 is 9.84 Å². The predicted octanol–water partition coefficient (Wildman–Crippen LogP) is 2.67. The van der Waals surface area contributed by atoms with Gasteiger partial charge in [-0.05, 0) is 18.6 Å². The molecular weight excluding hydrogens is 294 g/mol. The van der Waals surface area contributed by atoms with Gasteiger partial charge >= 0.3 is 0 Å². The normalized spacial score (nSPS) is 11.7. The predicted molar refractivity (Wildman–Crippen MR) is 79.3 cm³/mol. The van der Waals surface area contributed by atoms with Gasteiger partial charge in [0.25, 0.3) is 0 Å². The summed E-state index contributed by atoms with van der Waals surface area (Å²) in [6.45, 7) is 2.11. The molecule has 5 nitrogen and oxygen atoms in total. The van der Waals surface area contributed by atoms with Crippen LogP contribution < -0.4 is 0 Å². The molecule has 0 saturated heterocycles. The maximum absolute atomic E-state index is 12.1. The van der Waals surface area contributed by atoms with Crippen LogP contribution in [0.25, 0.3) is 0 Å². The molecule has 0 amide bonds. The summed E-state index contributed by atoms with van der Waals surface area (Å²) in [5.41, 5.74) is 0. The summed E-state index contributed by atoms with van der Waals surface area (Å²) in [6.07, 6.45) is 2.97. The van der Waals surface area contributed by atoms with Gasteiger partial charge in [-0.15, -0.1) is 5.10 Å². The van der Waals surface area contributed by atoms with Crippen molar-refractivity contribution >= 4 is 21.6 Å². The molecule has 0 aliphatic heterocycles. The molecule has 2 rings (SSSR count). The highest BCUT2D eigenvalue weighted by atomic mass is 32.3. The molecule has 0 saturated carbocycles. The van der Waals surface area contributed by atoms with Crippen LogP contribution >= 0.6 is 11.8 Å². The van der Waals surface area contributed by atoms with E-state index in [0.29, 0.717) is 10.1 Å². The number of hydrogen-bond donors (Lipinski definition) is 1. The Balaban J connectivity index is 1.96. The van der Waals surface area contributed by atoms with Crippen molar-refractivity contribution in [1.82, 2.24) is 15.2 Å². The van der Waals surface area contributed by atoms with Gasteiger partial charge in [-0.1, -0.05) is 43.3 Å². The highest BCUT2D eigenvalue weighted by molar-refractivity contribution is 8.12. The first-order chi connectivity index (χ1) is 9.62. The smallest absolute Gasteiger partial charge is 0.209 e. The SMILES string of the molecule is CCCCc1nc(SCS(=O)(=O)c2ccccc2)n[nH]1. The fourth-order valence-electron chi connectivity index (χ4n) is 1.62. The lowest BCUT2D eigenvalue weighted by Crippen LogP contribution is -2.03. The van der Waals surface area contributed by atoms with Gasteiger partial charge in [0.1, 0.15) is 10.9 Å². The van der Waals surface area contributed by atoms with Gasteiger partial charge < -0.3 is 0 Å². The summed E-state index contributed by atoms with van der Waals surface area (Å²) >= 11 is 1.14. The third-order valence-corrected chi connectivity index (χ3v) is 5.87. The molecule has 1 N–H and O–H groups in total. The van der Waals surface area contributed by atoms with Gasteiger partial charge in [0.05, 0.1) is 4.90 Å². The number of rotatable bonds is 7. The molecule has 0 fully saturated rings. The zero-order valence-electron chi connectivity index (χ0n) is 11.2. The zero-order chi connectivity index (χ0) is 14.4. The first kappa shape index (κ1) is 15.1. The summed E-state index contributed by atoms with van der Waals surface area (Å²) in [4.78, 5) is 4.60. The number of nitrogens with zero attached hydrogens (tertiary/aromatic N) is 2. The molecule has 0 radical (unpaired) electrons. The lowest BCUT2D eigenvalue weighted by Gasteiger charge is -2.01. The Labute approximate surface area is 123 Å². The number of aryl methyl sites for hydroxylation is 1. The molecule has 0 aliphatic rings. The van der Waals surface area contributed by atoms with Crippen molar-refractivity contribution in [1.29, 1.82) is 0 Å². The number of nitrogens with one attached hydrogen (secondary N) is 1. The Morgan fingerprint density at radius 2 is 2.00 bits per heavy atom. The van der Waals surface area contributed by atoms with E-state index in [0.717, 1.165) is 36.8 Å². The van der Waals surface area contributed by atoms with Gasteiger partial charge in [0.2, 0.25) is 5.16 Å². The molecule has 1 heterocycles. The monoisotopic (exact) mass is 311 g/mol. The second kappa shape index (κ2) is 6.90. The number of sulfone groups is 1. The van der Waals surface area contributed by atoms with Crippen LogP contribution in [0.15, 0.2) is 40.4 Å². The average molecular weight is 311 g/mol. The summed E-state index contributed by atoms with van der Waals surface area (Å²) in [7, 11) is -3.30. The second-order valence-corrected chi connectivity index (χ2v) is 7.66. The Kier molecular flexibility index (Phi) is 5.19. The largest absolute Gasteiger partial charge is 0.262 e. The van der Waals surface area contributed by atoms with E-state index in [1.54, 1.807) is 30.3 Å². The standard InChI is InChI=1S/C13H17N3O2S2/c1-2-3-9-12-14-13(16-15-12)19-10-20(17,18)11-7-5-4-6-8-11/h4-8H,2-3,9-10H2,1H3,(H,14,15,16). The zero-order valence-corrected chi connectivity index (χ0v) is 12.9. The fourth-order valence-corrected chi connectivity index (χ4v) is 4.07. The van der Waals surface area contributed by atoms with Crippen molar-refractivity contribution in [2.24, 2.45) is 0 Å². The molecular formula is C13H17N3O2S2. The number of hydrogen-bond acceptors (Lipinski definition) is 5. The summed E-state index contributed by atoms with van der Waals surface area (Å²) in [5, 5.41) is 7.30. The molecule has 0 spiro atoms. The van der Waals surface area contributed by atoms with Crippen LogP contribution in [-0.2, 0) is 16.3 Å². The van der Waals surface area contributed by atoms with Crippen LogP contribution in [0.1, 0.15) is 25.6 Å². The first-order valence-corrected chi connectivity index (χ1v) is 9.07. The Hall–Kier alpha value is -1.34. The number of thioether (sulfide) groups is 1. The summed E-state index contributed by atoms with van der Waals surface area (Å²) < 4.78 is 24.2. The van der Waals surface area contributed by atoms with Crippen LogP contribution in [-0.4, -0.2) is 28.7 Å². The summed E-state index contributed by atoms with van der Waals surface area (Å²) in [5.74, 6) is 0.812. The molecule has 7 heteroatoms. The van der Waals surface area contributed by atoms with Gasteiger partial charge in [0.15, 0.2) is 9.84 Å². The molecule has 0 atom stereocenters. The minimum atomic E-state index is -3.30. The van der Waals surface area contributed by atoms with Crippen LogP contribution in [0.3, 0.4) is 0 Å². The third-order valence-electron chi connectivity index (χ3n) is 2.72.